The maximum atomic E-state index is 13.8. The van der Waals surface area contributed by atoms with Gasteiger partial charge in [0, 0.05) is 10.7 Å². The number of pyridine rings is 1. The maximum Gasteiger partial charge on any atom is 0.242 e. The van der Waals surface area contributed by atoms with Crippen LogP contribution >= 0.6 is 27.5 Å². The molecule has 0 spiro atoms. The molecule has 0 atom stereocenters. The van der Waals surface area contributed by atoms with Crippen molar-refractivity contribution in [2.45, 2.75) is 5.88 Å². The summed E-state index contributed by atoms with van der Waals surface area (Å²) in [5, 5.41) is 0. The molecule has 0 aliphatic heterocycles. The second-order valence-corrected chi connectivity index (χ2v) is 5.41. The second kappa shape index (κ2) is 5.61. The molecule has 0 amide bonds. The van der Waals surface area contributed by atoms with Crippen LogP contribution in [0.15, 0.2) is 41.0 Å². The quantitative estimate of drug-likeness (QED) is 0.482. The third kappa shape index (κ3) is 2.61. The molecule has 108 valence electrons. The number of ether oxygens (including phenoxy) is 1. The van der Waals surface area contributed by atoms with Gasteiger partial charge in [0.15, 0.2) is 11.6 Å². The van der Waals surface area contributed by atoms with Crippen LogP contribution in [0, 0.1) is 11.6 Å². The van der Waals surface area contributed by atoms with Gasteiger partial charge < -0.3 is 4.74 Å². The summed E-state index contributed by atoms with van der Waals surface area (Å²) in [7, 11) is 0. The number of fused-ring (bicyclic) bond motifs is 1. The van der Waals surface area contributed by atoms with Crippen LogP contribution in [0.25, 0.3) is 5.65 Å². The number of aromatic nitrogens is 2. The Hall–Kier alpha value is -1.66. The van der Waals surface area contributed by atoms with Crippen LogP contribution in [-0.4, -0.2) is 9.38 Å². The highest BCUT2D eigenvalue weighted by Crippen LogP contribution is 2.32. The molecule has 0 radical (unpaired) electrons. The lowest BCUT2D eigenvalue weighted by atomic mass is 10.3. The zero-order valence-electron chi connectivity index (χ0n) is 10.5. The summed E-state index contributed by atoms with van der Waals surface area (Å²) in [6, 6.07) is 7.74. The summed E-state index contributed by atoms with van der Waals surface area (Å²) in [6.07, 6.45) is 1.77. The number of nitrogens with zero attached hydrogens (tertiary/aromatic N) is 2. The number of alkyl halides is 1. The zero-order valence-corrected chi connectivity index (χ0v) is 12.8. The third-order valence-electron chi connectivity index (χ3n) is 2.88. The van der Waals surface area contributed by atoms with E-state index in [-0.39, 0.29) is 17.5 Å². The Balaban J connectivity index is 2.10. The van der Waals surface area contributed by atoms with Crippen LogP contribution in [-0.2, 0) is 5.88 Å². The van der Waals surface area contributed by atoms with Crippen LogP contribution in [0.2, 0.25) is 0 Å². The van der Waals surface area contributed by atoms with Crippen LogP contribution in [0.1, 0.15) is 5.69 Å². The van der Waals surface area contributed by atoms with E-state index in [1.165, 1.54) is 6.07 Å². The van der Waals surface area contributed by atoms with E-state index in [9.17, 15) is 8.78 Å². The van der Waals surface area contributed by atoms with Gasteiger partial charge in [-0.2, -0.15) is 9.37 Å². The third-order valence-corrected chi connectivity index (χ3v) is 3.60. The summed E-state index contributed by atoms with van der Waals surface area (Å²) in [5.41, 5.74) is 1.17. The van der Waals surface area contributed by atoms with Gasteiger partial charge in [-0.25, -0.2) is 4.39 Å². The van der Waals surface area contributed by atoms with Gasteiger partial charge in [-0.3, -0.25) is 4.40 Å². The highest BCUT2D eigenvalue weighted by atomic mass is 79.9. The van der Waals surface area contributed by atoms with Gasteiger partial charge in [-0.15, -0.1) is 11.6 Å². The van der Waals surface area contributed by atoms with Crippen molar-refractivity contribution in [3.63, 3.8) is 0 Å². The lowest BCUT2D eigenvalue weighted by Crippen LogP contribution is -1.95. The molecule has 0 bridgehead atoms. The van der Waals surface area contributed by atoms with Crippen molar-refractivity contribution in [2.75, 3.05) is 0 Å². The topological polar surface area (TPSA) is 26.5 Å². The highest BCUT2D eigenvalue weighted by Gasteiger charge is 2.17. The van der Waals surface area contributed by atoms with Crippen LogP contribution < -0.4 is 4.74 Å². The number of benzene rings is 1. The number of rotatable bonds is 3. The van der Waals surface area contributed by atoms with E-state index in [1.807, 2.05) is 12.1 Å². The van der Waals surface area contributed by atoms with Crippen molar-refractivity contribution >= 4 is 33.2 Å². The highest BCUT2D eigenvalue weighted by molar-refractivity contribution is 9.10. The number of hydrogen-bond acceptors (Lipinski definition) is 2. The average Bonchev–Trinajstić information content (AvgIpc) is 2.81. The normalized spacial score (nSPS) is 11.0. The summed E-state index contributed by atoms with van der Waals surface area (Å²) >= 11 is 9.00. The molecule has 3 rings (SSSR count). The summed E-state index contributed by atoms with van der Waals surface area (Å²) in [5.74, 6) is -2.06. The molecule has 2 aromatic heterocycles. The van der Waals surface area contributed by atoms with Crippen molar-refractivity contribution in [1.29, 1.82) is 0 Å². The average molecular weight is 374 g/mol. The Kier molecular flexibility index (Phi) is 3.82. The standard InChI is InChI=1S/C14H8BrClF2N2O/c15-8-5-9(17)13(18)11(6-8)21-14-10(7-16)20-4-2-1-3-12(20)19-14/h1-6H,7H2. The predicted molar refractivity (Wildman–Crippen MR) is 78.9 cm³/mol. The van der Waals surface area contributed by atoms with Crippen molar-refractivity contribution in [3.8, 4) is 11.6 Å². The van der Waals surface area contributed by atoms with Gasteiger partial charge >= 0.3 is 0 Å². The van der Waals surface area contributed by atoms with Gasteiger partial charge in [0.2, 0.25) is 11.7 Å². The lowest BCUT2D eigenvalue weighted by Gasteiger charge is -2.07. The van der Waals surface area contributed by atoms with Crippen LogP contribution in [0.4, 0.5) is 8.78 Å². The molecular weight excluding hydrogens is 366 g/mol. The van der Waals surface area contributed by atoms with E-state index in [0.29, 0.717) is 15.8 Å². The molecule has 3 aromatic rings. The molecule has 1 aromatic carbocycles. The molecule has 0 fully saturated rings. The molecule has 0 N–H and O–H groups in total. The summed E-state index contributed by atoms with van der Waals surface area (Å²) < 4.78 is 34.7. The molecule has 0 saturated heterocycles. The maximum absolute atomic E-state index is 13.8. The molecule has 0 aliphatic carbocycles. The van der Waals surface area contributed by atoms with Crippen molar-refractivity contribution in [2.24, 2.45) is 0 Å². The van der Waals surface area contributed by atoms with E-state index in [0.717, 1.165) is 6.07 Å². The van der Waals surface area contributed by atoms with Gasteiger partial charge in [-0.1, -0.05) is 22.0 Å². The van der Waals surface area contributed by atoms with Gasteiger partial charge in [0.1, 0.15) is 11.3 Å². The zero-order chi connectivity index (χ0) is 15.0. The fourth-order valence-corrected chi connectivity index (χ4v) is 2.59. The number of hydrogen-bond donors (Lipinski definition) is 0. The minimum Gasteiger partial charge on any atom is -0.434 e. The fourth-order valence-electron chi connectivity index (χ4n) is 1.94. The fraction of sp³-hybridized carbons (Fsp3) is 0.0714. The van der Waals surface area contributed by atoms with Crippen molar-refractivity contribution < 1.29 is 13.5 Å². The monoisotopic (exact) mass is 372 g/mol. The van der Waals surface area contributed by atoms with Gasteiger partial charge in [0.25, 0.3) is 0 Å². The minimum absolute atomic E-state index is 0.124. The molecular formula is C14H8BrClF2N2O. The first-order valence-electron chi connectivity index (χ1n) is 5.94. The number of imidazole rings is 1. The Morgan fingerprint density at radius 2 is 2.10 bits per heavy atom. The van der Waals surface area contributed by atoms with E-state index in [1.54, 1.807) is 16.7 Å². The van der Waals surface area contributed by atoms with Gasteiger partial charge in [0.05, 0.1) is 5.88 Å². The van der Waals surface area contributed by atoms with Gasteiger partial charge in [-0.05, 0) is 24.3 Å². The molecule has 0 saturated carbocycles. The van der Waals surface area contributed by atoms with Crippen molar-refractivity contribution in [3.05, 3.63) is 58.3 Å². The van der Waals surface area contributed by atoms with E-state index >= 15 is 0 Å². The second-order valence-electron chi connectivity index (χ2n) is 4.23. The SMILES string of the molecule is Fc1cc(Br)cc(Oc2nc3ccccn3c2CCl)c1F. The van der Waals surface area contributed by atoms with Crippen LogP contribution in [0.5, 0.6) is 11.6 Å². The number of halogens is 4. The van der Waals surface area contributed by atoms with Crippen molar-refractivity contribution in [1.82, 2.24) is 9.38 Å². The Morgan fingerprint density at radius 1 is 1.29 bits per heavy atom. The van der Waals surface area contributed by atoms with E-state index in [4.69, 9.17) is 16.3 Å². The Bertz CT molecular complexity index is 822. The minimum atomic E-state index is -1.07. The lowest BCUT2D eigenvalue weighted by molar-refractivity contribution is 0.404. The molecule has 2 heterocycles. The molecule has 7 heteroatoms. The van der Waals surface area contributed by atoms with E-state index in [2.05, 4.69) is 20.9 Å². The van der Waals surface area contributed by atoms with E-state index < -0.39 is 11.6 Å². The Morgan fingerprint density at radius 3 is 2.86 bits per heavy atom. The molecule has 3 nitrogen and oxygen atoms in total. The summed E-state index contributed by atoms with van der Waals surface area (Å²) in [6.45, 7) is 0. The predicted octanol–water partition coefficient (Wildman–Crippen LogP) is 4.91. The Labute approximate surface area is 132 Å². The first-order valence-corrected chi connectivity index (χ1v) is 7.27. The molecule has 21 heavy (non-hydrogen) atoms. The summed E-state index contributed by atoms with van der Waals surface area (Å²) in [4.78, 5) is 4.23. The smallest absolute Gasteiger partial charge is 0.242 e. The first-order chi connectivity index (χ1) is 10.1. The molecule has 0 aliphatic rings. The first kappa shape index (κ1) is 14.3. The van der Waals surface area contributed by atoms with Crippen LogP contribution in [0.3, 0.4) is 0 Å². The molecule has 0 unspecified atom stereocenters. The largest absolute Gasteiger partial charge is 0.434 e.